The van der Waals surface area contributed by atoms with Crippen molar-refractivity contribution in [1.29, 1.82) is 0 Å². The molecule has 1 aliphatic heterocycles. The summed E-state index contributed by atoms with van der Waals surface area (Å²) in [6, 6.07) is -0.174. The van der Waals surface area contributed by atoms with Crippen LogP contribution in [0.25, 0.3) is 0 Å². The smallest absolute Gasteiger partial charge is 0.414 e. The highest BCUT2D eigenvalue weighted by Crippen LogP contribution is 2.14. The van der Waals surface area contributed by atoms with Crippen LogP contribution in [0.4, 0.5) is 4.79 Å². The zero-order valence-corrected chi connectivity index (χ0v) is 12.8. The molecule has 2 amide bonds. The second-order valence-electron chi connectivity index (χ2n) is 5.83. The van der Waals surface area contributed by atoms with Crippen molar-refractivity contribution in [3.8, 4) is 0 Å². The minimum absolute atomic E-state index is 0.101. The molecule has 2 N–H and O–H groups in total. The summed E-state index contributed by atoms with van der Waals surface area (Å²) in [5, 5.41) is 5.04. The highest BCUT2D eigenvalue weighted by Gasteiger charge is 2.28. The van der Waals surface area contributed by atoms with E-state index >= 15 is 0 Å². The predicted octanol–water partition coefficient (Wildman–Crippen LogP) is 0.707. The van der Waals surface area contributed by atoms with E-state index in [0.29, 0.717) is 0 Å². The summed E-state index contributed by atoms with van der Waals surface area (Å²) in [5.74, 6) is -0.0637. The van der Waals surface area contributed by atoms with Crippen molar-refractivity contribution >= 4 is 18.0 Å². The zero-order chi connectivity index (χ0) is 15.3. The molecule has 20 heavy (non-hydrogen) atoms. The van der Waals surface area contributed by atoms with Crippen molar-refractivity contribution in [3.63, 3.8) is 0 Å². The normalized spacial score (nSPS) is 20.6. The average molecular weight is 284 g/mol. The molecule has 0 spiro atoms. The predicted molar refractivity (Wildman–Crippen MR) is 76.5 cm³/mol. The summed E-state index contributed by atoms with van der Waals surface area (Å²) in [6.07, 6.45) is 1.16. The lowest BCUT2D eigenvalue weighted by Crippen LogP contribution is -2.50. The molecule has 1 saturated heterocycles. The number of ether oxygens (including phenoxy) is 1. The number of hydrogen-bond acceptors (Lipinski definition) is 5. The van der Waals surface area contributed by atoms with Crippen LogP contribution >= 0.6 is 0 Å². The van der Waals surface area contributed by atoms with Crippen LogP contribution in [0.1, 0.15) is 33.6 Å². The first-order valence-corrected chi connectivity index (χ1v) is 6.71. The van der Waals surface area contributed by atoms with Gasteiger partial charge < -0.3 is 4.74 Å². The van der Waals surface area contributed by atoms with Gasteiger partial charge in [-0.2, -0.15) is 0 Å². The van der Waals surface area contributed by atoms with Crippen LogP contribution in [0.3, 0.4) is 0 Å². The number of nitrogens with one attached hydrogen (secondary N) is 2. The van der Waals surface area contributed by atoms with Crippen molar-refractivity contribution in [2.45, 2.75) is 45.3 Å². The first kappa shape index (κ1) is 16.4. The number of amides is 2. The van der Waals surface area contributed by atoms with E-state index in [4.69, 9.17) is 4.74 Å². The number of carbonyl (C=O) groups is 2. The largest absolute Gasteiger partial charge is 0.444 e. The molecule has 0 aromatic rings. The Balaban J connectivity index is 2.51. The molecule has 1 aliphatic rings. The fourth-order valence-electron chi connectivity index (χ4n) is 1.98. The van der Waals surface area contributed by atoms with Crippen molar-refractivity contribution in [1.82, 2.24) is 15.5 Å². The van der Waals surface area contributed by atoms with E-state index in [0.717, 1.165) is 19.4 Å². The summed E-state index contributed by atoms with van der Waals surface area (Å²) in [6.45, 7) is 6.19. The average Bonchev–Trinajstić information content (AvgIpc) is 2.72. The Bertz CT molecular complexity index is 401. The maximum Gasteiger partial charge on any atom is 0.414 e. The molecule has 1 atom stereocenters. The monoisotopic (exact) mass is 284 g/mol. The number of hydrogen-bond donors (Lipinski definition) is 2. The van der Waals surface area contributed by atoms with Gasteiger partial charge in [0.1, 0.15) is 5.60 Å². The van der Waals surface area contributed by atoms with E-state index in [2.05, 4.69) is 15.6 Å². The van der Waals surface area contributed by atoms with Gasteiger partial charge in [0.15, 0.2) is 0 Å². The second-order valence-corrected chi connectivity index (χ2v) is 5.83. The third-order valence-corrected chi connectivity index (χ3v) is 2.91. The molecule has 7 heteroatoms. The lowest BCUT2D eigenvalue weighted by atomic mass is 10.2. The number of alkyl carbamates (subject to hydrolysis) is 1. The Labute approximate surface area is 119 Å². The lowest BCUT2D eigenvalue weighted by molar-refractivity contribution is -0.123. The number of carbonyl (C=O) groups excluding carboxylic acids is 2. The summed E-state index contributed by atoms with van der Waals surface area (Å²) >= 11 is 0. The molecular formula is C13H24N4O3. The van der Waals surface area contributed by atoms with Crippen LogP contribution in [-0.2, 0) is 9.53 Å². The van der Waals surface area contributed by atoms with Crippen molar-refractivity contribution < 1.29 is 14.3 Å². The quantitative estimate of drug-likeness (QED) is 0.548. The van der Waals surface area contributed by atoms with Gasteiger partial charge in [-0.3, -0.25) is 25.3 Å². The van der Waals surface area contributed by atoms with Gasteiger partial charge >= 0.3 is 6.09 Å². The summed E-state index contributed by atoms with van der Waals surface area (Å²) < 4.78 is 5.11. The fraction of sp³-hybridized carbons (Fsp3) is 0.769. The van der Waals surface area contributed by atoms with Crippen LogP contribution in [0.2, 0.25) is 0 Å². The van der Waals surface area contributed by atoms with Gasteiger partial charge in [0.05, 0.1) is 6.04 Å². The standard InChI is InChI=1S/C13H24N4O3/c1-13(2,3)20-12(19)16-11(14-4)15-10(18)9-7-6-8-17(9)5/h9H,6-8H2,1-5H3,(H2,14,15,16,18,19)/t9-/m0/s1. The molecule has 7 nitrogen and oxygen atoms in total. The molecular weight excluding hydrogens is 260 g/mol. The SMILES string of the molecule is CN=C(NC(=O)OC(C)(C)C)NC(=O)[C@@H]1CCCN1C. The van der Waals surface area contributed by atoms with Crippen LogP contribution in [0, 0.1) is 0 Å². The van der Waals surface area contributed by atoms with E-state index in [9.17, 15) is 9.59 Å². The van der Waals surface area contributed by atoms with Crippen LogP contribution in [0.15, 0.2) is 4.99 Å². The van der Waals surface area contributed by atoms with Gasteiger partial charge in [0.25, 0.3) is 0 Å². The number of aliphatic imine (C=N–C) groups is 1. The first-order valence-electron chi connectivity index (χ1n) is 6.71. The number of guanidine groups is 1. The maximum atomic E-state index is 12.1. The molecule has 114 valence electrons. The highest BCUT2D eigenvalue weighted by atomic mass is 16.6. The lowest BCUT2D eigenvalue weighted by Gasteiger charge is -2.21. The van der Waals surface area contributed by atoms with Gasteiger partial charge in [0, 0.05) is 7.05 Å². The topological polar surface area (TPSA) is 83.0 Å². The Morgan fingerprint density at radius 2 is 1.95 bits per heavy atom. The van der Waals surface area contributed by atoms with Crippen LogP contribution in [0.5, 0.6) is 0 Å². The molecule has 0 aliphatic carbocycles. The minimum Gasteiger partial charge on any atom is -0.444 e. The van der Waals surface area contributed by atoms with Gasteiger partial charge in [0.2, 0.25) is 11.9 Å². The second kappa shape index (κ2) is 6.69. The van der Waals surface area contributed by atoms with Crippen LogP contribution < -0.4 is 10.6 Å². The minimum atomic E-state index is -0.641. The van der Waals surface area contributed by atoms with Gasteiger partial charge in [-0.25, -0.2) is 4.79 Å². The molecule has 0 saturated carbocycles. The molecule has 0 aromatic heterocycles. The Morgan fingerprint density at radius 1 is 1.30 bits per heavy atom. The van der Waals surface area contributed by atoms with E-state index in [1.807, 2.05) is 11.9 Å². The fourth-order valence-corrected chi connectivity index (χ4v) is 1.98. The third-order valence-electron chi connectivity index (χ3n) is 2.91. The Hall–Kier alpha value is -1.63. The van der Waals surface area contributed by atoms with Crippen LogP contribution in [-0.4, -0.2) is 55.1 Å². The van der Waals surface area contributed by atoms with Gasteiger partial charge in [-0.05, 0) is 47.2 Å². The summed E-state index contributed by atoms with van der Waals surface area (Å²) in [7, 11) is 3.40. The van der Waals surface area contributed by atoms with E-state index in [1.165, 1.54) is 7.05 Å². The number of likely N-dealkylation sites (N-methyl/N-ethyl adjacent to an activating group) is 1. The third kappa shape index (κ3) is 5.16. The highest BCUT2D eigenvalue weighted by molar-refractivity contribution is 6.04. The Kier molecular flexibility index (Phi) is 5.50. The van der Waals surface area contributed by atoms with E-state index in [-0.39, 0.29) is 17.9 Å². The molecule has 0 aromatic carbocycles. The summed E-state index contributed by atoms with van der Waals surface area (Å²) in [4.78, 5) is 29.5. The van der Waals surface area contributed by atoms with Crippen molar-refractivity contribution in [2.75, 3.05) is 20.6 Å². The number of nitrogens with zero attached hydrogens (tertiary/aromatic N) is 2. The number of likely N-dealkylation sites (tertiary alicyclic amines) is 1. The Morgan fingerprint density at radius 3 is 2.40 bits per heavy atom. The molecule has 1 rings (SSSR count). The molecule has 0 radical (unpaired) electrons. The van der Waals surface area contributed by atoms with Crippen molar-refractivity contribution in [2.24, 2.45) is 4.99 Å². The first-order chi connectivity index (χ1) is 9.23. The van der Waals surface area contributed by atoms with Crippen molar-refractivity contribution in [3.05, 3.63) is 0 Å². The summed E-state index contributed by atoms with van der Waals surface area (Å²) in [5.41, 5.74) is -0.599. The van der Waals surface area contributed by atoms with E-state index in [1.54, 1.807) is 20.8 Å². The molecule has 0 unspecified atom stereocenters. The maximum absolute atomic E-state index is 12.1. The molecule has 0 bridgehead atoms. The zero-order valence-electron chi connectivity index (χ0n) is 12.8. The molecule has 1 fully saturated rings. The molecule has 1 heterocycles. The van der Waals surface area contributed by atoms with Gasteiger partial charge in [-0.15, -0.1) is 0 Å². The van der Waals surface area contributed by atoms with E-state index < -0.39 is 11.7 Å². The van der Waals surface area contributed by atoms with Gasteiger partial charge in [-0.1, -0.05) is 0 Å². The number of rotatable bonds is 1.